The summed E-state index contributed by atoms with van der Waals surface area (Å²) in [7, 11) is 0. The first kappa shape index (κ1) is 14.2. The van der Waals surface area contributed by atoms with Crippen LogP contribution in [0.5, 0.6) is 0 Å². The highest BCUT2D eigenvalue weighted by atomic mass is 16.4. The van der Waals surface area contributed by atoms with Gasteiger partial charge in [-0.3, -0.25) is 4.79 Å². The maximum atomic E-state index is 10.6. The monoisotopic (exact) mass is 271 g/mol. The van der Waals surface area contributed by atoms with Crippen molar-refractivity contribution in [1.82, 2.24) is 0 Å². The van der Waals surface area contributed by atoms with Crippen molar-refractivity contribution in [1.29, 1.82) is 0 Å². The third kappa shape index (κ3) is 3.44. The van der Waals surface area contributed by atoms with Crippen LogP contribution in [-0.4, -0.2) is 22.2 Å². The number of aliphatic hydroxyl groups is 1. The lowest BCUT2D eigenvalue weighted by atomic mass is 9.97. The summed E-state index contributed by atoms with van der Waals surface area (Å²) in [5, 5.41) is 18.7. The zero-order chi connectivity index (χ0) is 14.5. The van der Waals surface area contributed by atoms with E-state index in [4.69, 9.17) is 10.8 Å². The molecule has 20 heavy (non-hydrogen) atoms. The van der Waals surface area contributed by atoms with Gasteiger partial charge in [0.1, 0.15) is 0 Å². The molecule has 0 aliphatic heterocycles. The molecule has 0 heterocycles. The van der Waals surface area contributed by atoms with E-state index in [9.17, 15) is 9.90 Å². The zero-order valence-electron chi connectivity index (χ0n) is 10.9. The summed E-state index contributed by atoms with van der Waals surface area (Å²) in [6.07, 6.45) is -1.24. The molecule has 4 N–H and O–H groups in total. The van der Waals surface area contributed by atoms with Crippen molar-refractivity contribution in [2.75, 3.05) is 0 Å². The predicted octanol–water partition coefficient (Wildman–Crippen LogP) is 2.19. The van der Waals surface area contributed by atoms with Crippen molar-refractivity contribution in [3.63, 3.8) is 0 Å². The van der Waals surface area contributed by atoms with Crippen molar-refractivity contribution in [3.8, 4) is 11.1 Å². The van der Waals surface area contributed by atoms with E-state index in [0.717, 1.165) is 11.1 Å². The Labute approximate surface area is 117 Å². The highest BCUT2D eigenvalue weighted by Crippen LogP contribution is 2.23. The summed E-state index contributed by atoms with van der Waals surface area (Å²) in [5.41, 5.74) is 8.41. The van der Waals surface area contributed by atoms with Gasteiger partial charge in [-0.2, -0.15) is 0 Å². The fraction of sp³-hybridized carbons (Fsp3) is 0.188. The average molecular weight is 271 g/mol. The lowest BCUT2D eigenvalue weighted by Gasteiger charge is -2.17. The van der Waals surface area contributed by atoms with Crippen molar-refractivity contribution < 1.29 is 15.0 Å². The van der Waals surface area contributed by atoms with E-state index >= 15 is 0 Å². The smallest absolute Gasteiger partial charge is 0.305 e. The Morgan fingerprint density at radius 3 is 2.10 bits per heavy atom. The summed E-state index contributed by atoms with van der Waals surface area (Å²) < 4.78 is 0. The Hall–Kier alpha value is -2.17. The highest BCUT2D eigenvalue weighted by molar-refractivity contribution is 5.67. The SMILES string of the molecule is NC(CC(=O)O)C(O)c1ccc(-c2ccccc2)cc1. The Kier molecular flexibility index (Phi) is 4.50. The lowest BCUT2D eigenvalue weighted by Crippen LogP contribution is -2.30. The first-order valence-corrected chi connectivity index (χ1v) is 6.39. The highest BCUT2D eigenvalue weighted by Gasteiger charge is 2.19. The summed E-state index contributed by atoms with van der Waals surface area (Å²) in [5.74, 6) is -1.02. The van der Waals surface area contributed by atoms with Gasteiger partial charge in [-0.05, 0) is 16.7 Å². The minimum Gasteiger partial charge on any atom is -0.481 e. The van der Waals surface area contributed by atoms with Crippen LogP contribution in [0.2, 0.25) is 0 Å². The quantitative estimate of drug-likeness (QED) is 0.778. The van der Waals surface area contributed by atoms with Crippen LogP contribution in [0.25, 0.3) is 11.1 Å². The number of carbonyl (C=O) groups is 1. The molecule has 0 amide bonds. The van der Waals surface area contributed by atoms with E-state index in [1.54, 1.807) is 12.1 Å². The molecular formula is C16H17NO3. The molecule has 4 nitrogen and oxygen atoms in total. The predicted molar refractivity (Wildman–Crippen MR) is 77.1 cm³/mol. The van der Waals surface area contributed by atoms with E-state index < -0.39 is 18.1 Å². The van der Waals surface area contributed by atoms with Crippen molar-refractivity contribution in [2.24, 2.45) is 5.73 Å². The Bertz CT molecular complexity index is 566. The number of carboxylic acids is 1. The van der Waals surface area contributed by atoms with Gasteiger partial charge in [0.15, 0.2) is 0 Å². The topological polar surface area (TPSA) is 83.6 Å². The average Bonchev–Trinajstić information content (AvgIpc) is 2.47. The first-order valence-electron chi connectivity index (χ1n) is 6.39. The number of carboxylic acid groups (broad SMARTS) is 1. The van der Waals surface area contributed by atoms with Crippen molar-refractivity contribution >= 4 is 5.97 Å². The van der Waals surface area contributed by atoms with Gasteiger partial charge in [0.05, 0.1) is 12.5 Å². The van der Waals surface area contributed by atoms with Gasteiger partial charge in [-0.25, -0.2) is 0 Å². The van der Waals surface area contributed by atoms with Crippen LogP contribution in [0.15, 0.2) is 54.6 Å². The molecule has 0 radical (unpaired) electrons. The minimum atomic E-state index is -1.02. The minimum absolute atomic E-state index is 0.262. The number of hydrogen-bond acceptors (Lipinski definition) is 3. The largest absolute Gasteiger partial charge is 0.481 e. The second-order valence-electron chi connectivity index (χ2n) is 4.69. The Morgan fingerprint density at radius 2 is 1.55 bits per heavy atom. The van der Waals surface area contributed by atoms with E-state index in [-0.39, 0.29) is 6.42 Å². The van der Waals surface area contributed by atoms with Crippen LogP contribution in [0, 0.1) is 0 Å². The molecule has 2 aromatic rings. The molecule has 2 rings (SSSR count). The molecule has 2 atom stereocenters. The van der Waals surface area contributed by atoms with Crippen molar-refractivity contribution in [3.05, 3.63) is 60.2 Å². The Morgan fingerprint density at radius 1 is 1.00 bits per heavy atom. The van der Waals surface area contributed by atoms with Crippen LogP contribution in [0.1, 0.15) is 18.1 Å². The normalized spacial score (nSPS) is 13.7. The maximum Gasteiger partial charge on any atom is 0.305 e. The second-order valence-corrected chi connectivity index (χ2v) is 4.69. The van der Waals surface area contributed by atoms with Crippen LogP contribution < -0.4 is 5.73 Å². The standard InChI is InChI=1S/C16H17NO3/c17-14(10-15(18)19)16(20)13-8-6-12(7-9-13)11-4-2-1-3-5-11/h1-9,14,16,20H,10,17H2,(H,18,19). The number of aliphatic carboxylic acids is 1. The van der Waals surface area contributed by atoms with Gasteiger partial charge >= 0.3 is 5.97 Å². The third-order valence-electron chi connectivity index (χ3n) is 3.18. The molecule has 104 valence electrons. The van der Waals surface area contributed by atoms with Crippen LogP contribution >= 0.6 is 0 Å². The van der Waals surface area contributed by atoms with Gasteiger partial charge in [-0.1, -0.05) is 54.6 Å². The van der Waals surface area contributed by atoms with Gasteiger partial charge in [-0.15, -0.1) is 0 Å². The molecule has 0 spiro atoms. The molecule has 2 aromatic carbocycles. The second kappa shape index (κ2) is 6.32. The van der Waals surface area contributed by atoms with Gasteiger partial charge in [0.25, 0.3) is 0 Å². The number of nitrogens with two attached hydrogens (primary N) is 1. The molecule has 0 aliphatic carbocycles. The van der Waals surface area contributed by atoms with E-state index in [1.807, 2.05) is 42.5 Å². The molecule has 4 heteroatoms. The molecule has 0 fully saturated rings. The molecule has 0 aromatic heterocycles. The number of aliphatic hydroxyl groups excluding tert-OH is 1. The van der Waals surface area contributed by atoms with E-state index in [1.165, 1.54) is 0 Å². The van der Waals surface area contributed by atoms with Crippen molar-refractivity contribution in [2.45, 2.75) is 18.6 Å². The summed E-state index contributed by atoms with van der Waals surface area (Å²) in [4.78, 5) is 10.6. The van der Waals surface area contributed by atoms with Crippen LogP contribution in [0.4, 0.5) is 0 Å². The number of benzene rings is 2. The van der Waals surface area contributed by atoms with Crippen LogP contribution in [-0.2, 0) is 4.79 Å². The molecule has 2 unspecified atom stereocenters. The lowest BCUT2D eigenvalue weighted by molar-refractivity contribution is -0.138. The van der Waals surface area contributed by atoms with E-state index in [0.29, 0.717) is 5.56 Å². The summed E-state index contributed by atoms with van der Waals surface area (Å²) in [6.45, 7) is 0. The van der Waals surface area contributed by atoms with Gasteiger partial charge < -0.3 is 15.9 Å². The molecule has 0 saturated carbocycles. The molecule has 0 bridgehead atoms. The third-order valence-corrected chi connectivity index (χ3v) is 3.18. The van der Waals surface area contributed by atoms with E-state index in [2.05, 4.69) is 0 Å². The molecule has 0 aliphatic rings. The van der Waals surface area contributed by atoms with Gasteiger partial charge in [0.2, 0.25) is 0 Å². The van der Waals surface area contributed by atoms with Gasteiger partial charge in [0, 0.05) is 6.04 Å². The number of rotatable bonds is 5. The fourth-order valence-corrected chi connectivity index (χ4v) is 2.06. The van der Waals surface area contributed by atoms with Crippen LogP contribution in [0.3, 0.4) is 0 Å². The first-order chi connectivity index (χ1) is 9.58. The molecule has 0 saturated heterocycles. The Balaban J connectivity index is 2.14. The fourth-order valence-electron chi connectivity index (χ4n) is 2.06. The summed E-state index contributed by atoms with van der Waals surface area (Å²) >= 11 is 0. The number of hydrogen-bond donors (Lipinski definition) is 3. The summed E-state index contributed by atoms with van der Waals surface area (Å²) in [6, 6.07) is 16.4. The molecular weight excluding hydrogens is 254 g/mol. The zero-order valence-corrected chi connectivity index (χ0v) is 10.9. The maximum absolute atomic E-state index is 10.6.